The van der Waals surface area contributed by atoms with Crippen LogP contribution in [0.25, 0.3) is 38.5 Å². The molecule has 4 nitrogen and oxygen atoms in total. The maximum Gasteiger partial charge on any atom is 0.435 e. The van der Waals surface area contributed by atoms with Crippen LogP contribution in [0.1, 0.15) is 11.3 Å². The third-order valence-corrected chi connectivity index (χ3v) is 5.85. The summed E-state index contributed by atoms with van der Waals surface area (Å²) in [5.41, 5.74) is 6.55. The lowest BCUT2D eigenvalue weighted by Crippen LogP contribution is -2.15. The Bertz CT molecular complexity index is 1520. The quantitative estimate of drug-likeness (QED) is 0.331. The number of nitrogens with zero attached hydrogens (tertiary/aromatic N) is 2. The third kappa shape index (κ3) is 4.06. The summed E-state index contributed by atoms with van der Waals surface area (Å²) in [6, 6.07) is 25.4. The van der Waals surface area contributed by atoms with E-state index in [1.165, 1.54) is 4.68 Å². The van der Waals surface area contributed by atoms with Crippen molar-refractivity contribution in [1.29, 1.82) is 0 Å². The van der Waals surface area contributed by atoms with Crippen LogP contribution in [0.4, 0.5) is 13.2 Å². The summed E-state index contributed by atoms with van der Waals surface area (Å²) in [6.07, 6.45) is -4.41. The van der Waals surface area contributed by atoms with Gasteiger partial charge in [-0.25, -0.2) is 4.68 Å². The highest BCUT2D eigenvalue weighted by Crippen LogP contribution is 2.35. The summed E-state index contributed by atoms with van der Waals surface area (Å²) in [5.74, 6) is -0.115. The van der Waals surface area contributed by atoms with Gasteiger partial charge in [-0.2, -0.15) is 18.3 Å². The van der Waals surface area contributed by atoms with Gasteiger partial charge in [-0.15, -0.1) is 0 Å². The molecule has 0 spiro atoms. The average Bonchev–Trinajstić information content (AvgIpc) is 3.30. The van der Waals surface area contributed by atoms with Crippen LogP contribution in [0.15, 0.2) is 84.9 Å². The molecule has 1 heterocycles. The van der Waals surface area contributed by atoms with Crippen molar-refractivity contribution in [1.82, 2.24) is 9.78 Å². The van der Waals surface area contributed by atoms with Gasteiger partial charge >= 0.3 is 6.18 Å². The largest absolute Gasteiger partial charge is 0.435 e. The standard InChI is InChI=1S/C27H20F3N3O/c28-27(29,30)26-15-25(33(32-26)21-10-5-17(6-11-21)13-22(34)16-31)20-9-12-24-19(14-20)8-7-18-3-1-2-4-23(18)24/h1-12,14-15H,13,16,31H2. The van der Waals surface area contributed by atoms with Gasteiger partial charge < -0.3 is 5.73 Å². The molecule has 5 aromatic rings. The van der Waals surface area contributed by atoms with Crippen LogP contribution < -0.4 is 5.73 Å². The van der Waals surface area contributed by atoms with Crippen molar-refractivity contribution in [3.05, 3.63) is 96.2 Å². The number of Topliss-reactive ketones (excluding diaryl/α,β-unsaturated/α-hetero) is 1. The Morgan fingerprint density at radius 3 is 2.29 bits per heavy atom. The van der Waals surface area contributed by atoms with Gasteiger partial charge in [0.05, 0.1) is 17.9 Å². The second-order valence-corrected chi connectivity index (χ2v) is 8.13. The van der Waals surface area contributed by atoms with Crippen molar-refractivity contribution in [3.8, 4) is 16.9 Å². The van der Waals surface area contributed by atoms with E-state index in [0.717, 1.165) is 33.2 Å². The maximum atomic E-state index is 13.6. The van der Waals surface area contributed by atoms with E-state index in [-0.39, 0.29) is 18.7 Å². The number of rotatable bonds is 5. The fourth-order valence-electron chi connectivity index (χ4n) is 4.15. The van der Waals surface area contributed by atoms with Crippen molar-refractivity contribution < 1.29 is 18.0 Å². The lowest BCUT2D eigenvalue weighted by Gasteiger charge is -2.10. The second kappa shape index (κ2) is 8.43. The van der Waals surface area contributed by atoms with Gasteiger partial charge in [0, 0.05) is 12.0 Å². The minimum Gasteiger partial charge on any atom is -0.324 e. The van der Waals surface area contributed by atoms with E-state index in [4.69, 9.17) is 5.73 Å². The van der Waals surface area contributed by atoms with E-state index in [1.54, 1.807) is 24.3 Å². The summed E-state index contributed by atoms with van der Waals surface area (Å²) in [4.78, 5) is 11.6. The minimum atomic E-state index is -4.58. The highest BCUT2D eigenvalue weighted by molar-refractivity contribution is 6.08. The van der Waals surface area contributed by atoms with Crippen LogP contribution in [0, 0.1) is 0 Å². The van der Waals surface area contributed by atoms with Crippen LogP contribution in [0.5, 0.6) is 0 Å². The zero-order valence-corrected chi connectivity index (χ0v) is 18.0. The number of hydrogen-bond acceptors (Lipinski definition) is 3. The summed E-state index contributed by atoms with van der Waals surface area (Å²) < 4.78 is 42.0. The Hall–Kier alpha value is -3.97. The third-order valence-electron chi connectivity index (χ3n) is 5.85. The van der Waals surface area contributed by atoms with Crippen LogP contribution in [-0.4, -0.2) is 22.1 Å². The number of hydrogen-bond donors (Lipinski definition) is 1. The molecular formula is C27H20F3N3O. The molecule has 7 heteroatoms. The van der Waals surface area contributed by atoms with Gasteiger partial charge in [0.2, 0.25) is 0 Å². The molecule has 0 aliphatic carbocycles. The Morgan fingerprint density at radius 2 is 1.56 bits per heavy atom. The fourth-order valence-corrected chi connectivity index (χ4v) is 4.15. The average molecular weight is 459 g/mol. The van der Waals surface area contributed by atoms with E-state index in [1.807, 2.05) is 54.6 Å². The molecule has 0 amide bonds. The first-order valence-electron chi connectivity index (χ1n) is 10.7. The van der Waals surface area contributed by atoms with Gasteiger partial charge in [-0.05, 0) is 51.4 Å². The minimum absolute atomic E-state index is 0.0583. The number of alkyl halides is 3. The van der Waals surface area contributed by atoms with Crippen molar-refractivity contribution in [3.63, 3.8) is 0 Å². The highest BCUT2D eigenvalue weighted by Gasteiger charge is 2.35. The van der Waals surface area contributed by atoms with Crippen LogP contribution >= 0.6 is 0 Å². The zero-order chi connectivity index (χ0) is 23.9. The first-order chi connectivity index (χ1) is 16.3. The molecule has 34 heavy (non-hydrogen) atoms. The van der Waals surface area contributed by atoms with E-state index in [0.29, 0.717) is 16.9 Å². The molecule has 0 fully saturated rings. The Balaban J connectivity index is 1.62. The summed E-state index contributed by atoms with van der Waals surface area (Å²) in [5, 5.41) is 8.00. The molecule has 0 atom stereocenters. The van der Waals surface area contributed by atoms with Crippen LogP contribution in [-0.2, 0) is 17.4 Å². The number of fused-ring (bicyclic) bond motifs is 3. The fraction of sp³-hybridized carbons (Fsp3) is 0.111. The predicted molar refractivity (Wildman–Crippen MR) is 127 cm³/mol. The van der Waals surface area contributed by atoms with Crippen LogP contribution in [0.2, 0.25) is 0 Å². The Labute approximate surface area is 193 Å². The topological polar surface area (TPSA) is 60.9 Å². The van der Waals surface area contributed by atoms with Crippen molar-refractivity contribution in [2.24, 2.45) is 5.73 Å². The molecule has 0 bridgehead atoms. The van der Waals surface area contributed by atoms with E-state index >= 15 is 0 Å². The molecular weight excluding hydrogens is 439 g/mol. The molecule has 0 saturated carbocycles. The maximum absolute atomic E-state index is 13.6. The van der Waals surface area contributed by atoms with E-state index < -0.39 is 11.9 Å². The van der Waals surface area contributed by atoms with Gasteiger partial charge in [0.15, 0.2) is 11.5 Å². The SMILES string of the molecule is NCC(=O)Cc1ccc(-n2nc(C(F)(F)F)cc2-c2ccc3c(ccc4ccccc43)c2)cc1. The first kappa shape index (κ1) is 21.9. The second-order valence-electron chi connectivity index (χ2n) is 8.13. The van der Waals surface area contributed by atoms with Gasteiger partial charge in [0.25, 0.3) is 0 Å². The molecule has 0 aliphatic heterocycles. The van der Waals surface area contributed by atoms with Crippen molar-refractivity contribution >= 4 is 27.3 Å². The lowest BCUT2D eigenvalue weighted by atomic mass is 9.99. The molecule has 170 valence electrons. The van der Waals surface area contributed by atoms with E-state index in [9.17, 15) is 18.0 Å². The normalized spacial score (nSPS) is 11.9. The number of halogens is 3. The smallest absolute Gasteiger partial charge is 0.324 e. The van der Waals surface area contributed by atoms with Crippen molar-refractivity contribution in [2.45, 2.75) is 12.6 Å². The molecule has 0 saturated heterocycles. The number of benzene rings is 4. The molecule has 0 unspecified atom stereocenters. The van der Waals surface area contributed by atoms with Crippen molar-refractivity contribution in [2.75, 3.05) is 6.54 Å². The molecule has 4 aromatic carbocycles. The molecule has 0 aliphatic rings. The molecule has 5 rings (SSSR count). The summed E-state index contributed by atoms with van der Waals surface area (Å²) >= 11 is 0. The number of ketones is 1. The number of nitrogens with two attached hydrogens (primary N) is 1. The number of carbonyl (C=O) groups excluding carboxylic acids is 1. The number of aromatic nitrogens is 2. The summed E-state index contributed by atoms with van der Waals surface area (Å²) in [7, 11) is 0. The van der Waals surface area contributed by atoms with Gasteiger partial charge in [-0.3, -0.25) is 4.79 Å². The zero-order valence-electron chi connectivity index (χ0n) is 18.0. The van der Waals surface area contributed by atoms with Gasteiger partial charge in [-0.1, -0.05) is 60.7 Å². The predicted octanol–water partition coefficient (Wildman–Crippen LogP) is 5.93. The monoisotopic (exact) mass is 459 g/mol. The van der Waals surface area contributed by atoms with Gasteiger partial charge in [0.1, 0.15) is 0 Å². The van der Waals surface area contributed by atoms with Crippen LogP contribution in [0.3, 0.4) is 0 Å². The Morgan fingerprint density at radius 1 is 0.853 bits per heavy atom. The lowest BCUT2D eigenvalue weighted by molar-refractivity contribution is -0.141. The Kier molecular flexibility index (Phi) is 5.42. The molecule has 1 aromatic heterocycles. The summed E-state index contributed by atoms with van der Waals surface area (Å²) in [6.45, 7) is -0.0583. The number of carbonyl (C=O) groups is 1. The highest BCUT2D eigenvalue weighted by atomic mass is 19.4. The molecule has 2 N–H and O–H groups in total. The molecule has 0 radical (unpaired) electrons. The van der Waals surface area contributed by atoms with E-state index in [2.05, 4.69) is 5.10 Å². The first-order valence-corrected chi connectivity index (χ1v) is 10.7.